The Morgan fingerprint density at radius 2 is 1.79 bits per heavy atom. The monoisotopic (exact) mass is 496 g/mol. The highest BCUT2D eigenvalue weighted by atomic mass is 35.5. The third-order valence-corrected chi connectivity index (χ3v) is 5.33. The summed E-state index contributed by atoms with van der Waals surface area (Å²) in [4.78, 5) is 12.6. The predicted octanol–water partition coefficient (Wildman–Crippen LogP) is 6.53. The first-order chi connectivity index (χ1) is 16.4. The van der Waals surface area contributed by atoms with Crippen molar-refractivity contribution in [1.29, 1.82) is 5.26 Å². The van der Waals surface area contributed by atoms with E-state index >= 15 is 0 Å². The number of amides is 1. The first-order valence-electron chi connectivity index (χ1n) is 10.3. The van der Waals surface area contributed by atoms with Crippen LogP contribution < -0.4 is 19.5 Å². The van der Waals surface area contributed by atoms with Crippen molar-refractivity contribution in [3.8, 4) is 23.3 Å². The Labute approximate surface area is 208 Å². The molecule has 0 radical (unpaired) electrons. The van der Waals surface area contributed by atoms with Crippen LogP contribution in [0.1, 0.15) is 18.1 Å². The van der Waals surface area contributed by atoms with Gasteiger partial charge in [-0.3, -0.25) is 4.79 Å². The summed E-state index contributed by atoms with van der Waals surface area (Å²) in [6.45, 7) is 2.63. The number of hydrogen-bond donors (Lipinski definition) is 1. The second-order valence-corrected chi connectivity index (χ2v) is 7.81. The standard InChI is InChI=1S/C26H22Cl2N2O4/c1-3-33-21-10-8-20(9-11-21)30-26(31)19(15-29)12-17-13-23(28)25(24(14-17)32-2)34-16-18-6-4-5-7-22(18)27/h4-14H,3,16H2,1-2H3,(H,30,31)/b19-12-. The molecule has 1 amide bonds. The molecule has 0 atom stereocenters. The fourth-order valence-electron chi connectivity index (χ4n) is 3.04. The number of hydrogen-bond acceptors (Lipinski definition) is 5. The number of rotatable bonds is 9. The van der Waals surface area contributed by atoms with Gasteiger partial charge in [-0.2, -0.15) is 5.26 Å². The van der Waals surface area contributed by atoms with Gasteiger partial charge >= 0.3 is 0 Å². The highest BCUT2D eigenvalue weighted by molar-refractivity contribution is 6.32. The van der Waals surface area contributed by atoms with Crippen LogP contribution in [0, 0.1) is 11.3 Å². The van der Waals surface area contributed by atoms with E-state index in [9.17, 15) is 10.1 Å². The minimum Gasteiger partial charge on any atom is -0.494 e. The van der Waals surface area contributed by atoms with E-state index in [0.717, 1.165) is 5.56 Å². The lowest BCUT2D eigenvalue weighted by Gasteiger charge is -2.14. The summed E-state index contributed by atoms with van der Waals surface area (Å²) < 4.78 is 16.7. The zero-order valence-electron chi connectivity index (χ0n) is 18.6. The van der Waals surface area contributed by atoms with Crippen LogP contribution in [0.3, 0.4) is 0 Å². The van der Waals surface area contributed by atoms with E-state index in [1.54, 1.807) is 42.5 Å². The van der Waals surface area contributed by atoms with Gasteiger partial charge in [-0.25, -0.2) is 0 Å². The molecule has 0 bridgehead atoms. The lowest BCUT2D eigenvalue weighted by Crippen LogP contribution is -2.13. The first-order valence-corrected chi connectivity index (χ1v) is 11.1. The van der Waals surface area contributed by atoms with Crippen molar-refractivity contribution in [1.82, 2.24) is 0 Å². The van der Waals surface area contributed by atoms with E-state index in [0.29, 0.717) is 40.1 Å². The van der Waals surface area contributed by atoms with Gasteiger partial charge in [-0.05, 0) is 61.0 Å². The van der Waals surface area contributed by atoms with Gasteiger partial charge in [0.15, 0.2) is 11.5 Å². The number of ether oxygens (including phenoxy) is 3. The van der Waals surface area contributed by atoms with Crippen LogP contribution in [-0.4, -0.2) is 19.6 Å². The number of benzene rings is 3. The van der Waals surface area contributed by atoms with E-state index in [-0.39, 0.29) is 17.2 Å². The molecule has 0 aliphatic carbocycles. The van der Waals surface area contributed by atoms with Crippen LogP contribution in [0.5, 0.6) is 17.2 Å². The molecule has 0 fully saturated rings. The molecule has 0 saturated carbocycles. The topological polar surface area (TPSA) is 80.6 Å². The fourth-order valence-corrected chi connectivity index (χ4v) is 3.51. The molecule has 0 aromatic heterocycles. The lowest BCUT2D eigenvalue weighted by molar-refractivity contribution is -0.112. The maximum absolute atomic E-state index is 12.6. The number of methoxy groups -OCH3 is 1. The summed E-state index contributed by atoms with van der Waals surface area (Å²) in [7, 11) is 1.48. The van der Waals surface area contributed by atoms with Crippen LogP contribution in [0.2, 0.25) is 10.0 Å². The molecule has 34 heavy (non-hydrogen) atoms. The Morgan fingerprint density at radius 1 is 1.06 bits per heavy atom. The van der Waals surface area contributed by atoms with Crippen LogP contribution in [-0.2, 0) is 11.4 Å². The average Bonchev–Trinajstić information content (AvgIpc) is 2.83. The van der Waals surface area contributed by atoms with Crippen LogP contribution in [0.25, 0.3) is 6.08 Å². The maximum atomic E-state index is 12.6. The quantitative estimate of drug-likeness (QED) is 0.269. The number of anilines is 1. The van der Waals surface area contributed by atoms with Crippen LogP contribution in [0.15, 0.2) is 66.2 Å². The number of halogens is 2. The third-order valence-electron chi connectivity index (χ3n) is 4.68. The second kappa shape index (κ2) is 12.0. The summed E-state index contributed by atoms with van der Waals surface area (Å²) in [5, 5.41) is 13.1. The molecule has 6 nitrogen and oxygen atoms in total. The van der Waals surface area contributed by atoms with Gasteiger partial charge in [0, 0.05) is 16.3 Å². The lowest BCUT2D eigenvalue weighted by atomic mass is 10.1. The summed E-state index contributed by atoms with van der Waals surface area (Å²) in [6.07, 6.45) is 1.43. The highest BCUT2D eigenvalue weighted by Crippen LogP contribution is 2.38. The number of nitriles is 1. The Kier molecular flexibility index (Phi) is 8.80. The SMILES string of the molecule is CCOc1ccc(NC(=O)/C(C#N)=C\c2cc(Cl)c(OCc3ccccc3Cl)c(OC)c2)cc1. The Morgan fingerprint density at radius 3 is 2.44 bits per heavy atom. The van der Waals surface area contributed by atoms with Crippen molar-refractivity contribution in [2.45, 2.75) is 13.5 Å². The van der Waals surface area contributed by atoms with Crippen molar-refractivity contribution < 1.29 is 19.0 Å². The van der Waals surface area contributed by atoms with Gasteiger partial charge in [0.1, 0.15) is 24.0 Å². The Bertz CT molecular complexity index is 1230. The number of nitrogens with zero attached hydrogens (tertiary/aromatic N) is 1. The number of nitrogens with one attached hydrogen (secondary N) is 1. The molecule has 3 aromatic carbocycles. The predicted molar refractivity (Wildman–Crippen MR) is 134 cm³/mol. The number of carbonyl (C=O) groups excluding carboxylic acids is 1. The molecule has 3 rings (SSSR count). The summed E-state index contributed by atoms with van der Waals surface area (Å²) >= 11 is 12.6. The molecule has 1 N–H and O–H groups in total. The molecule has 174 valence electrons. The van der Waals surface area contributed by atoms with Crippen molar-refractivity contribution in [3.05, 3.63) is 87.4 Å². The van der Waals surface area contributed by atoms with Gasteiger partial charge in [0.2, 0.25) is 0 Å². The molecule has 0 unspecified atom stereocenters. The minimum absolute atomic E-state index is 0.100. The maximum Gasteiger partial charge on any atom is 0.266 e. The molecular weight excluding hydrogens is 475 g/mol. The largest absolute Gasteiger partial charge is 0.494 e. The molecule has 8 heteroatoms. The van der Waals surface area contributed by atoms with E-state index < -0.39 is 5.91 Å². The molecule has 0 saturated heterocycles. The van der Waals surface area contributed by atoms with E-state index in [4.69, 9.17) is 37.4 Å². The highest BCUT2D eigenvalue weighted by Gasteiger charge is 2.15. The van der Waals surface area contributed by atoms with Crippen molar-refractivity contribution >= 4 is 40.9 Å². The normalized spacial score (nSPS) is 10.9. The van der Waals surface area contributed by atoms with Crippen molar-refractivity contribution in [2.24, 2.45) is 0 Å². The molecule has 0 aliphatic heterocycles. The van der Waals surface area contributed by atoms with Gasteiger partial charge in [0.25, 0.3) is 5.91 Å². The van der Waals surface area contributed by atoms with Crippen molar-refractivity contribution in [2.75, 3.05) is 19.0 Å². The third kappa shape index (κ3) is 6.44. The molecule has 0 spiro atoms. The van der Waals surface area contributed by atoms with Gasteiger partial charge in [0.05, 0.1) is 18.7 Å². The Balaban J connectivity index is 1.78. The molecular formula is C26H22Cl2N2O4. The zero-order chi connectivity index (χ0) is 24.5. The van der Waals surface area contributed by atoms with Crippen molar-refractivity contribution in [3.63, 3.8) is 0 Å². The minimum atomic E-state index is -0.555. The summed E-state index contributed by atoms with van der Waals surface area (Å²) in [5.74, 6) is 0.824. The molecule has 3 aromatic rings. The smallest absolute Gasteiger partial charge is 0.266 e. The second-order valence-electron chi connectivity index (χ2n) is 7.00. The molecule has 0 aliphatic rings. The van der Waals surface area contributed by atoms with Crippen LogP contribution >= 0.6 is 23.2 Å². The van der Waals surface area contributed by atoms with E-state index in [1.165, 1.54) is 13.2 Å². The fraction of sp³-hybridized carbons (Fsp3) is 0.154. The van der Waals surface area contributed by atoms with Gasteiger partial charge < -0.3 is 19.5 Å². The van der Waals surface area contributed by atoms with Crippen LogP contribution in [0.4, 0.5) is 5.69 Å². The molecule has 0 heterocycles. The Hall–Kier alpha value is -3.66. The van der Waals surface area contributed by atoms with Gasteiger partial charge in [-0.15, -0.1) is 0 Å². The summed E-state index contributed by atoms with van der Waals surface area (Å²) in [6, 6.07) is 19.3. The van der Waals surface area contributed by atoms with E-state index in [2.05, 4.69) is 5.32 Å². The van der Waals surface area contributed by atoms with E-state index in [1.807, 2.05) is 31.2 Å². The van der Waals surface area contributed by atoms with Gasteiger partial charge in [-0.1, -0.05) is 41.4 Å². The summed E-state index contributed by atoms with van der Waals surface area (Å²) in [5.41, 5.74) is 1.74. The zero-order valence-corrected chi connectivity index (χ0v) is 20.1. The average molecular weight is 497 g/mol. The number of carbonyl (C=O) groups is 1. The first kappa shape index (κ1) is 25.0.